The third-order valence-corrected chi connectivity index (χ3v) is 5.81. The number of nitrogens with one attached hydrogen (secondary N) is 1. The van der Waals surface area contributed by atoms with Crippen molar-refractivity contribution in [3.63, 3.8) is 0 Å². The molecule has 0 atom stereocenters. The molecular formula is C25H26FN3O3. The van der Waals surface area contributed by atoms with E-state index >= 15 is 0 Å². The normalized spacial score (nSPS) is 12.7. The highest BCUT2D eigenvalue weighted by Crippen LogP contribution is 2.31. The third-order valence-electron chi connectivity index (χ3n) is 5.81. The zero-order valence-corrected chi connectivity index (χ0v) is 18.0. The van der Waals surface area contributed by atoms with Crippen LogP contribution in [-0.2, 0) is 19.4 Å². The van der Waals surface area contributed by atoms with Crippen LogP contribution in [0.4, 0.5) is 4.39 Å². The Morgan fingerprint density at radius 2 is 2.00 bits per heavy atom. The van der Waals surface area contributed by atoms with Crippen LogP contribution < -0.4 is 4.74 Å². The van der Waals surface area contributed by atoms with Crippen molar-refractivity contribution in [3.8, 4) is 17.0 Å². The van der Waals surface area contributed by atoms with Gasteiger partial charge in [0.05, 0.1) is 25.5 Å². The summed E-state index contributed by atoms with van der Waals surface area (Å²) >= 11 is 0. The van der Waals surface area contributed by atoms with Gasteiger partial charge in [-0.05, 0) is 60.6 Å². The lowest BCUT2D eigenvalue weighted by molar-refractivity contribution is 0.112. The first-order valence-electron chi connectivity index (χ1n) is 10.7. The van der Waals surface area contributed by atoms with E-state index in [4.69, 9.17) is 9.84 Å². The van der Waals surface area contributed by atoms with Crippen LogP contribution in [0.25, 0.3) is 22.0 Å². The fraction of sp³-hybridized carbons (Fsp3) is 0.280. The Morgan fingerprint density at radius 3 is 2.75 bits per heavy atom. The van der Waals surface area contributed by atoms with E-state index in [2.05, 4.69) is 10.2 Å². The maximum Gasteiger partial charge on any atom is 0.216 e. The van der Waals surface area contributed by atoms with Crippen LogP contribution in [0.3, 0.4) is 0 Å². The number of aromatic amines is 1. The number of rotatable bonds is 5. The highest BCUT2D eigenvalue weighted by Gasteiger charge is 2.13. The van der Waals surface area contributed by atoms with E-state index in [-0.39, 0.29) is 12.4 Å². The topological polar surface area (TPSA) is 80.1 Å². The second-order valence-electron chi connectivity index (χ2n) is 7.79. The van der Waals surface area contributed by atoms with Gasteiger partial charge in [0.1, 0.15) is 5.82 Å². The summed E-state index contributed by atoms with van der Waals surface area (Å²) in [6.45, 7) is 0.456. The van der Waals surface area contributed by atoms with Crippen molar-refractivity contribution in [1.82, 2.24) is 14.8 Å². The van der Waals surface area contributed by atoms with Crippen LogP contribution in [0.5, 0.6) is 5.88 Å². The second-order valence-corrected chi connectivity index (χ2v) is 7.79. The number of nitrogens with zero attached hydrogens (tertiary/aromatic N) is 2. The fourth-order valence-corrected chi connectivity index (χ4v) is 4.21. The first-order chi connectivity index (χ1) is 15.6. The number of halogens is 1. The van der Waals surface area contributed by atoms with E-state index in [0.717, 1.165) is 41.2 Å². The summed E-state index contributed by atoms with van der Waals surface area (Å²) in [4.78, 5) is 11.1. The number of aryl methyl sites for hydroxylation is 2. The average Bonchev–Trinajstić information content (AvgIpc) is 3.44. The van der Waals surface area contributed by atoms with Crippen molar-refractivity contribution >= 4 is 17.2 Å². The minimum Gasteiger partial charge on any atom is -0.481 e. The zero-order valence-electron chi connectivity index (χ0n) is 18.0. The van der Waals surface area contributed by atoms with Gasteiger partial charge in [-0.1, -0.05) is 18.2 Å². The third kappa shape index (κ3) is 4.43. The summed E-state index contributed by atoms with van der Waals surface area (Å²) < 4.78 is 19.8. The van der Waals surface area contributed by atoms with Crippen LogP contribution in [0, 0.1) is 5.82 Å². The summed E-state index contributed by atoms with van der Waals surface area (Å²) in [6, 6.07) is 10.9. The zero-order chi connectivity index (χ0) is 22.5. The van der Waals surface area contributed by atoms with E-state index < -0.39 is 0 Å². The van der Waals surface area contributed by atoms with Gasteiger partial charge in [0.2, 0.25) is 5.88 Å². The lowest BCUT2D eigenvalue weighted by atomic mass is 9.92. The molecule has 4 aromatic rings. The molecule has 0 amide bonds. The fourth-order valence-electron chi connectivity index (χ4n) is 4.21. The minimum atomic E-state index is -0.0920. The van der Waals surface area contributed by atoms with Crippen molar-refractivity contribution < 1.29 is 19.0 Å². The SMILES string of the molecule is COc1[nH]ncc1-c1ccc2c(C=O)cn(CCO)c2c1.Fc1ccc2c(c1)CCCC2. The van der Waals surface area contributed by atoms with Gasteiger partial charge in [-0.2, -0.15) is 5.10 Å². The molecule has 0 radical (unpaired) electrons. The molecule has 1 aliphatic carbocycles. The highest BCUT2D eigenvalue weighted by molar-refractivity contribution is 5.99. The standard InChI is InChI=1S/C15H15N3O3.C10H11F/c1-21-15-13(7-16-17-15)10-2-3-12-11(9-20)8-18(4-5-19)14(12)6-10;11-10-6-5-8-3-1-2-4-9(8)7-10/h2-3,6-9,19H,4-5H2,1H3,(H,16,17);5-7H,1-4H2. The summed E-state index contributed by atoms with van der Waals surface area (Å²) in [6.07, 6.45) is 8.95. The Labute approximate surface area is 185 Å². The Morgan fingerprint density at radius 1 is 1.19 bits per heavy atom. The largest absolute Gasteiger partial charge is 0.481 e. The van der Waals surface area contributed by atoms with Crippen molar-refractivity contribution in [3.05, 3.63) is 71.3 Å². The molecule has 2 aromatic heterocycles. The molecule has 0 unspecified atom stereocenters. The quantitative estimate of drug-likeness (QED) is 0.451. The van der Waals surface area contributed by atoms with Crippen molar-refractivity contribution in [2.45, 2.75) is 32.2 Å². The molecule has 32 heavy (non-hydrogen) atoms. The lowest BCUT2D eigenvalue weighted by Crippen LogP contribution is -2.02. The summed E-state index contributed by atoms with van der Waals surface area (Å²) in [5.41, 5.74) is 5.86. The monoisotopic (exact) mass is 435 g/mol. The number of benzene rings is 2. The number of aldehydes is 1. The number of aliphatic hydroxyl groups excluding tert-OH is 1. The number of H-pyrrole nitrogens is 1. The first kappa shape index (κ1) is 21.8. The van der Waals surface area contributed by atoms with Crippen LogP contribution in [0.1, 0.15) is 34.3 Å². The molecule has 2 heterocycles. The van der Waals surface area contributed by atoms with Crippen LogP contribution in [-0.4, -0.2) is 39.9 Å². The molecule has 1 aliphatic rings. The summed E-state index contributed by atoms with van der Waals surface area (Å²) in [5, 5.41) is 16.8. The molecule has 0 saturated carbocycles. The van der Waals surface area contributed by atoms with Gasteiger partial charge in [0.25, 0.3) is 0 Å². The highest BCUT2D eigenvalue weighted by atomic mass is 19.1. The smallest absolute Gasteiger partial charge is 0.216 e. The number of carbonyl (C=O) groups excluding carboxylic acids is 1. The van der Waals surface area contributed by atoms with Crippen molar-refractivity contribution in [1.29, 1.82) is 0 Å². The molecule has 0 fully saturated rings. The number of hydrogen-bond acceptors (Lipinski definition) is 4. The number of aromatic nitrogens is 3. The molecule has 5 rings (SSSR count). The van der Waals surface area contributed by atoms with Crippen LogP contribution in [0.2, 0.25) is 0 Å². The maximum atomic E-state index is 12.7. The number of fused-ring (bicyclic) bond motifs is 2. The van der Waals surface area contributed by atoms with Gasteiger partial charge in [0, 0.05) is 29.2 Å². The number of ether oxygens (including phenoxy) is 1. The number of hydrogen-bond donors (Lipinski definition) is 2. The molecule has 166 valence electrons. The van der Waals surface area contributed by atoms with E-state index in [0.29, 0.717) is 18.0 Å². The summed E-state index contributed by atoms with van der Waals surface area (Å²) in [7, 11) is 1.58. The Balaban J connectivity index is 0.000000186. The molecule has 0 bridgehead atoms. The Kier molecular flexibility index (Phi) is 6.66. The average molecular weight is 435 g/mol. The number of methoxy groups -OCH3 is 1. The molecule has 0 saturated heterocycles. The van der Waals surface area contributed by atoms with Gasteiger partial charge in [-0.3, -0.25) is 4.79 Å². The number of carbonyl (C=O) groups is 1. The molecule has 0 aliphatic heterocycles. The second kappa shape index (κ2) is 9.78. The van der Waals surface area contributed by atoms with Crippen LogP contribution in [0.15, 0.2) is 48.8 Å². The van der Waals surface area contributed by atoms with Gasteiger partial charge < -0.3 is 14.4 Å². The van der Waals surface area contributed by atoms with Gasteiger partial charge in [-0.25, -0.2) is 9.49 Å². The van der Waals surface area contributed by atoms with Gasteiger partial charge >= 0.3 is 0 Å². The maximum absolute atomic E-state index is 12.7. The van der Waals surface area contributed by atoms with Crippen molar-refractivity contribution in [2.75, 3.05) is 13.7 Å². The summed E-state index contributed by atoms with van der Waals surface area (Å²) in [5.74, 6) is 0.496. The predicted molar refractivity (Wildman–Crippen MR) is 122 cm³/mol. The van der Waals surface area contributed by atoms with Gasteiger partial charge in [0.15, 0.2) is 6.29 Å². The lowest BCUT2D eigenvalue weighted by Gasteiger charge is -2.14. The molecule has 7 heteroatoms. The van der Waals surface area contributed by atoms with E-state index in [1.807, 2.05) is 28.8 Å². The molecule has 2 N–H and O–H groups in total. The van der Waals surface area contributed by atoms with Crippen LogP contribution >= 0.6 is 0 Å². The van der Waals surface area contributed by atoms with E-state index in [1.54, 1.807) is 31.6 Å². The molecular weight excluding hydrogens is 409 g/mol. The van der Waals surface area contributed by atoms with Gasteiger partial charge in [-0.15, -0.1) is 0 Å². The number of aliphatic hydroxyl groups is 1. The molecule has 0 spiro atoms. The minimum absolute atomic E-state index is 0.0152. The Hall–Kier alpha value is -3.45. The molecule has 6 nitrogen and oxygen atoms in total. The van der Waals surface area contributed by atoms with E-state index in [1.165, 1.54) is 24.0 Å². The predicted octanol–water partition coefficient (Wildman–Crippen LogP) is 4.55. The van der Waals surface area contributed by atoms with E-state index in [9.17, 15) is 9.18 Å². The molecule has 2 aromatic carbocycles. The van der Waals surface area contributed by atoms with Crippen molar-refractivity contribution in [2.24, 2.45) is 0 Å². The first-order valence-corrected chi connectivity index (χ1v) is 10.7. The Bertz CT molecular complexity index is 1230.